The van der Waals surface area contributed by atoms with Crippen LogP contribution < -0.4 is 4.90 Å². The predicted molar refractivity (Wildman–Crippen MR) is 130 cm³/mol. The number of nitrogens with zero attached hydrogens (tertiary/aromatic N) is 10. The van der Waals surface area contributed by atoms with Crippen LogP contribution in [0.2, 0.25) is 0 Å². The zero-order chi connectivity index (χ0) is 23.4. The zero-order valence-electron chi connectivity index (χ0n) is 19.4. The molecular weight excluding hydrogens is 440 g/mol. The van der Waals surface area contributed by atoms with Crippen LogP contribution in [0, 0.1) is 0 Å². The standard InChI is InChI=1S/C25H24N10/c1-2-25-11-4-3-5-13-34(25)22-20(33-16-29-32-23(25)33)14-27-24(31-22)35-21(28-15-30-35)18-8-6-10-19-17(18)9-7-12-26-19/h6-10,12,14-16H,2-5,11,13H2,1H3. The Hall–Kier alpha value is -4.21. The molecule has 0 N–H and O–H groups in total. The molecule has 174 valence electrons. The Bertz CT molecular complexity index is 1550. The van der Waals surface area contributed by atoms with Gasteiger partial charge in [-0.25, -0.2) is 9.97 Å². The molecule has 0 spiro atoms. The number of pyridine rings is 1. The van der Waals surface area contributed by atoms with E-state index in [1.165, 1.54) is 6.42 Å². The van der Waals surface area contributed by atoms with Gasteiger partial charge in [0.05, 0.1) is 11.7 Å². The number of benzene rings is 1. The molecule has 0 amide bonds. The van der Waals surface area contributed by atoms with Crippen LogP contribution in [0.3, 0.4) is 0 Å². The molecule has 10 nitrogen and oxygen atoms in total. The number of fused-ring (bicyclic) bond motifs is 7. The first-order chi connectivity index (χ1) is 17.3. The molecule has 5 aromatic rings. The summed E-state index contributed by atoms with van der Waals surface area (Å²) in [6.07, 6.45) is 12.4. The molecule has 1 atom stereocenters. The molecule has 1 aromatic carbocycles. The molecule has 1 saturated heterocycles. The van der Waals surface area contributed by atoms with E-state index < -0.39 is 0 Å². The van der Waals surface area contributed by atoms with E-state index in [4.69, 9.17) is 9.97 Å². The van der Waals surface area contributed by atoms with Gasteiger partial charge in [0, 0.05) is 23.7 Å². The van der Waals surface area contributed by atoms with Crippen LogP contribution in [0.5, 0.6) is 0 Å². The lowest BCUT2D eigenvalue weighted by atomic mass is 9.86. The molecule has 4 aromatic heterocycles. The third kappa shape index (κ3) is 2.85. The van der Waals surface area contributed by atoms with Crippen molar-refractivity contribution in [3.05, 3.63) is 61.2 Å². The second-order valence-corrected chi connectivity index (χ2v) is 9.12. The minimum atomic E-state index is -0.224. The van der Waals surface area contributed by atoms with Crippen molar-refractivity contribution in [2.24, 2.45) is 0 Å². The molecule has 35 heavy (non-hydrogen) atoms. The fourth-order valence-electron chi connectivity index (χ4n) is 5.71. The Morgan fingerprint density at radius 3 is 2.94 bits per heavy atom. The summed E-state index contributed by atoms with van der Waals surface area (Å²) in [5, 5.41) is 14.4. The predicted octanol–water partition coefficient (Wildman–Crippen LogP) is 3.85. The highest BCUT2D eigenvalue weighted by Crippen LogP contribution is 2.46. The van der Waals surface area contributed by atoms with Gasteiger partial charge in [-0.15, -0.1) is 10.2 Å². The monoisotopic (exact) mass is 464 g/mol. The molecule has 0 aliphatic carbocycles. The summed E-state index contributed by atoms with van der Waals surface area (Å²) < 4.78 is 3.78. The van der Waals surface area contributed by atoms with Gasteiger partial charge in [-0.3, -0.25) is 9.55 Å². The third-order valence-electron chi connectivity index (χ3n) is 7.41. The maximum atomic E-state index is 5.10. The van der Waals surface area contributed by atoms with Crippen molar-refractivity contribution < 1.29 is 0 Å². The van der Waals surface area contributed by atoms with Crippen molar-refractivity contribution in [2.75, 3.05) is 11.4 Å². The fraction of sp³-hybridized carbons (Fsp3) is 0.320. The molecular formula is C25H24N10. The summed E-state index contributed by atoms with van der Waals surface area (Å²) in [5.41, 5.74) is 2.52. The van der Waals surface area contributed by atoms with Crippen LogP contribution >= 0.6 is 0 Å². The van der Waals surface area contributed by atoms with Crippen LogP contribution in [-0.4, -0.2) is 51.0 Å². The number of anilines is 1. The highest BCUT2D eigenvalue weighted by molar-refractivity contribution is 5.92. The molecule has 0 radical (unpaired) electrons. The smallest absolute Gasteiger partial charge is 0.254 e. The quantitative estimate of drug-likeness (QED) is 0.397. The van der Waals surface area contributed by atoms with Crippen molar-refractivity contribution >= 4 is 16.7 Å². The number of hydrogen-bond acceptors (Lipinski definition) is 8. The van der Waals surface area contributed by atoms with Crippen molar-refractivity contribution in [1.29, 1.82) is 0 Å². The molecule has 7 rings (SSSR count). The Kier molecular flexibility index (Phi) is 4.42. The summed E-state index contributed by atoms with van der Waals surface area (Å²) >= 11 is 0. The maximum Gasteiger partial charge on any atom is 0.254 e. The Morgan fingerprint density at radius 1 is 1.03 bits per heavy atom. The molecule has 1 fully saturated rings. The maximum absolute atomic E-state index is 5.10. The van der Waals surface area contributed by atoms with Crippen molar-refractivity contribution in [3.63, 3.8) is 0 Å². The average Bonchev–Trinajstić information content (AvgIpc) is 3.55. The SMILES string of the molecule is CCC12CCCCCN1c1nc(-n3ncnc3-c3cccc4ncccc34)ncc1-n1cnnc12. The van der Waals surface area contributed by atoms with E-state index in [-0.39, 0.29) is 5.54 Å². The van der Waals surface area contributed by atoms with Crippen LogP contribution in [0.4, 0.5) is 5.82 Å². The fourth-order valence-corrected chi connectivity index (χ4v) is 5.71. The molecule has 6 heterocycles. The Balaban J connectivity index is 1.42. The summed E-state index contributed by atoms with van der Waals surface area (Å²) in [6.45, 7) is 3.15. The van der Waals surface area contributed by atoms with Gasteiger partial charge in [-0.05, 0) is 31.4 Å². The molecule has 2 aliphatic rings. The molecule has 10 heteroatoms. The first-order valence-corrected chi connectivity index (χ1v) is 12.1. The second-order valence-electron chi connectivity index (χ2n) is 9.12. The minimum Gasteiger partial charge on any atom is -0.342 e. The molecule has 1 unspecified atom stereocenters. The van der Waals surface area contributed by atoms with E-state index in [1.54, 1.807) is 23.5 Å². The van der Waals surface area contributed by atoms with E-state index in [2.05, 4.69) is 41.7 Å². The average molecular weight is 465 g/mol. The lowest BCUT2D eigenvalue weighted by Crippen LogP contribution is -2.50. The van der Waals surface area contributed by atoms with E-state index in [0.29, 0.717) is 11.8 Å². The van der Waals surface area contributed by atoms with E-state index >= 15 is 0 Å². The van der Waals surface area contributed by atoms with Gasteiger partial charge in [-0.1, -0.05) is 38.0 Å². The largest absolute Gasteiger partial charge is 0.342 e. The van der Waals surface area contributed by atoms with Gasteiger partial charge < -0.3 is 4.90 Å². The molecule has 0 bridgehead atoms. The second kappa shape index (κ2) is 7.66. The van der Waals surface area contributed by atoms with Crippen LogP contribution in [-0.2, 0) is 5.54 Å². The highest BCUT2D eigenvalue weighted by atomic mass is 15.4. The molecule has 0 saturated carbocycles. The van der Waals surface area contributed by atoms with Gasteiger partial charge >= 0.3 is 0 Å². The first-order valence-electron chi connectivity index (χ1n) is 12.1. The Labute approximate surface area is 201 Å². The highest BCUT2D eigenvalue weighted by Gasteiger charge is 2.47. The van der Waals surface area contributed by atoms with Gasteiger partial charge in [0.1, 0.15) is 23.9 Å². The summed E-state index contributed by atoms with van der Waals surface area (Å²) in [7, 11) is 0. The van der Waals surface area contributed by atoms with E-state index in [1.807, 2.05) is 36.5 Å². The van der Waals surface area contributed by atoms with E-state index in [0.717, 1.165) is 66.0 Å². The topological polar surface area (TPSA) is 103 Å². The first kappa shape index (κ1) is 20.2. The van der Waals surface area contributed by atoms with Crippen LogP contribution in [0.15, 0.2) is 55.4 Å². The van der Waals surface area contributed by atoms with Gasteiger partial charge in [-0.2, -0.15) is 14.8 Å². The van der Waals surface area contributed by atoms with Gasteiger partial charge in [0.15, 0.2) is 17.5 Å². The minimum absolute atomic E-state index is 0.224. The number of hydrogen-bond donors (Lipinski definition) is 0. The normalized spacial score (nSPS) is 19.2. The van der Waals surface area contributed by atoms with Gasteiger partial charge in [0.2, 0.25) is 0 Å². The third-order valence-corrected chi connectivity index (χ3v) is 7.41. The van der Waals surface area contributed by atoms with Crippen molar-refractivity contribution in [1.82, 2.24) is 44.5 Å². The number of aromatic nitrogens is 9. The lowest BCUT2D eigenvalue weighted by Gasteiger charge is -2.46. The van der Waals surface area contributed by atoms with Crippen LogP contribution in [0.1, 0.15) is 44.9 Å². The summed E-state index contributed by atoms with van der Waals surface area (Å²) in [6, 6.07) is 9.99. The van der Waals surface area contributed by atoms with Crippen LogP contribution in [0.25, 0.3) is 33.9 Å². The lowest BCUT2D eigenvalue weighted by molar-refractivity contribution is 0.329. The molecule has 2 aliphatic heterocycles. The number of rotatable bonds is 3. The van der Waals surface area contributed by atoms with Crippen molar-refractivity contribution in [3.8, 4) is 23.0 Å². The Morgan fingerprint density at radius 2 is 2.00 bits per heavy atom. The van der Waals surface area contributed by atoms with Gasteiger partial charge in [0.25, 0.3) is 5.95 Å². The van der Waals surface area contributed by atoms with Crippen molar-refractivity contribution in [2.45, 2.75) is 44.6 Å². The summed E-state index contributed by atoms with van der Waals surface area (Å²) in [5.74, 6) is 3.05. The summed E-state index contributed by atoms with van der Waals surface area (Å²) in [4.78, 5) is 21.3. The zero-order valence-corrected chi connectivity index (χ0v) is 19.4. The van der Waals surface area contributed by atoms with E-state index in [9.17, 15) is 0 Å².